The number of nitrogens with one attached hydrogen (secondary N) is 2. The van der Waals surface area contributed by atoms with Crippen LogP contribution in [0, 0.1) is 0 Å². The number of amides is 4. The van der Waals surface area contributed by atoms with Crippen molar-refractivity contribution in [2.24, 2.45) is 5.73 Å². The maximum atomic E-state index is 14.0. The number of nitrogens with two attached hydrogens (primary N) is 1. The predicted octanol–water partition coefficient (Wildman–Crippen LogP) is 3.79. The largest absolute Gasteiger partial charge is 0.449 e. The van der Waals surface area contributed by atoms with Crippen LogP contribution in [0.15, 0.2) is 91.0 Å². The minimum atomic E-state index is -4.60. The fourth-order valence-corrected chi connectivity index (χ4v) is 7.35. The molecule has 4 amide bonds. The number of rotatable bonds is 13. The number of hydrogen-bond acceptors (Lipinski definition) is 7. The summed E-state index contributed by atoms with van der Waals surface area (Å²) in [7, 11) is -4.60. The number of fused-ring (bicyclic) bond motifs is 4. The Labute approximate surface area is 300 Å². The Morgan fingerprint density at radius 2 is 1.50 bits per heavy atom. The third kappa shape index (κ3) is 8.68. The van der Waals surface area contributed by atoms with Crippen LogP contribution >= 0.6 is 7.60 Å². The number of ether oxygens (including phenoxy) is 2. The van der Waals surface area contributed by atoms with Crippen LogP contribution in [0.1, 0.15) is 41.9 Å². The summed E-state index contributed by atoms with van der Waals surface area (Å²) >= 11 is 0. The quantitative estimate of drug-likeness (QED) is 0.127. The number of carbonyl (C=O) groups excluding carboxylic acids is 4. The van der Waals surface area contributed by atoms with Gasteiger partial charge in [0.05, 0.1) is 6.61 Å². The molecule has 52 heavy (non-hydrogen) atoms. The van der Waals surface area contributed by atoms with Crippen LogP contribution in [0.4, 0.5) is 4.79 Å². The zero-order chi connectivity index (χ0) is 36.8. The first-order valence-electron chi connectivity index (χ1n) is 17.1. The Morgan fingerprint density at radius 1 is 0.846 bits per heavy atom. The molecule has 2 aliphatic rings. The van der Waals surface area contributed by atoms with Crippen molar-refractivity contribution in [3.8, 4) is 11.1 Å². The first-order valence-corrected chi connectivity index (χ1v) is 18.9. The maximum absolute atomic E-state index is 14.0. The van der Waals surface area contributed by atoms with Gasteiger partial charge in [0, 0.05) is 18.9 Å². The van der Waals surface area contributed by atoms with Gasteiger partial charge in [-0.05, 0) is 57.9 Å². The molecule has 1 saturated heterocycles. The fraction of sp³-hybridized carbons (Fsp3) is 0.316. The van der Waals surface area contributed by atoms with E-state index in [0.29, 0.717) is 12.8 Å². The molecule has 6 rings (SSSR count). The summed E-state index contributed by atoms with van der Waals surface area (Å²) in [6.07, 6.45) is -0.335. The van der Waals surface area contributed by atoms with E-state index in [1.165, 1.54) is 4.90 Å². The van der Waals surface area contributed by atoms with Crippen LogP contribution < -0.4 is 16.4 Å². The van der Waals surface area contributed by atoms with Gasteiger partial charge in [0.2, 0.25) is 17.7 Å². The molecule has 3 unspecified atom stereocenters. The summed E-state index contributed by atoms with van der Waals surface area (Å²) in [4.78, 5) is 73.5. The van der Waals surface area contributed by atoms with Crippen LogP contribution in [0.25, 0.3) is 21.9 Å². The van der Waals surface area contributed by atoms with Crippen molar-refractivity contribution in [1.82, 2.24) is 15.5 Å². The molecule has 1 fully saturated rings. The number of hydrogen-bond donors (Lipinski definition) is 5. The first kappa shape index (κ1) is 36.7. The summed E-state index contributed by atoms with van der Waals surface area (Å²) < 4.78 is 22.3. The van der Waals surface area contributed by atoms with Gasteiger partial charge in [-0.2, -0.15) is 0 Å². The predicted molar refractivity (Wildman–Crippen MR) is 193 cm³/mol. The standard InChI is InChI=1S/C38H41N4O9P/c39-35(43)32(20-24-16-17-25-9-1-2-10-26(25)19-24)40-36(44)34-15-7-8-18-42(34)37(45)33(22-50-23-52(47,48)49)41-38(46)51-21-31-29-13-5-3-11-27(29)28-12-4-6-14-30(28)31/h1-6,9-14,16-17,19,31-34H,7-8,15,18,20-23H2,(H2,39,43)(H,40,44)(H,41,46)(H2,47,48,49). The van der Waals surface area contributed by atoms with Crippen molar-refractivity contribution in [3.63, 3.8) is 0 Å². The van der Waals surface area contributed by atoms with Gasteiger partial charge in [-0.25, -0.2) is 4.79 Å². The molecular weight excluding hydrogens is 687 g/mol. The molecule has 1 aliphatic carbocycles. The average Bonchev–Trinajstić information content (AvgIpc) is 3.45. The molecule has 1 aliphatic heterocycles. The van der Waals surface area contributed by atoms with Crippen molar-refractivity contribution in [2.45, 2.75) is 49.7 Å². The van der Waals surface area contributed by atoms with E-state index in [1.54, 1.807) is 0 Å². The fourth-order valence-electron chi connectivity index (χ4n) is 7.01. The minimum Gasteiger partial charge on any atom is -0.449 e. The number of benzene rings is 4. The number of primary amides is 1. The van der Waals surface area contributed by atoms with Crippen molar-refractivity contribution in [3.05, 3.63) is 108 Å². The molecule has 4 aromatic rings. The molecule has 3 atom stereocenters. The van der Waals surface area contributed by atoms with E-state index in [4.69, 9.17) is 15.2 Å². The molecule has 0 aromatic heterocycles. The zero-order valence-electron chi connectivity index (χ0n) is 28.4. The van der Waals surface area contributed by atoms with E-state index in [9.17, 15) is 33.5 Å². The van der Waals surface area contributed by atoms with Crippen molar-refractivity contribution >= 4 is 42.2 Å². The summed E-state index contributed by atoms with van der Waals surface area (Å²) in [5, 5.41) is 7.22. The summed E-state index contributed by atoms with van der Waals surface area (Å²) in [5.41, 5.74) is 10.6. The summed E-state index contributed by atoms with van der Waals surface area (Å²) in [6.45, 7) is -0.473. The number of nitrogens with zero attached hydrogens (tertiary/aromatic N) is 1. The van der Waals surface area contributed by atoms with Gasteiger partial charge in [0.25, 0.3) is 0 Å². The highest BCUT2D eigenvalue weighted by Gasteiger charge is 2.38. The lowest BCUT2D eigenvalue weighted by atomic mass is 9.98. The van der Waals surface area contributed by atoms with Gasteiger partial charge in [-0.1, -0.05) is 91.0 Å². The molecule has 14 heteroatoms. The summed E-state index contributed by atoms with van der Waals surface area (Å²) in [5.74, 6) is -2.28. The smallest absolute Gasteiger partial charge is 0.407 e. The summed E-state index contributed by atoms with van der Waals surface area (Å²) in [6, 6.07) is 25.6. The van der Waals surface area contributed by atoms with Crippen molar-refractivity contribution < 1.29 is 43.0 Å². The number of likely N-dealkylation sites (tertiary alicyclic amines) is 1. The molecule has 13 nitrogen and oxygen atoms in total. The van der Waals surface area contributed by atoms with E-state index in [2.05, 4.69) is 10.6 Å². The second-order valence-corrected chi connectivity index (χ2v) is 14.7. The van der Waals surface area contributed by atoms with Crippen LogP contribution in [-0.2, 0) is 34.8 Å². The molecule has 0 saturated carbocycles. The third-order valence-corrected chi connectivity index (χ3v) is 10.00. The lowest BCUT2D eigenvalue weighted by molar-refractivity contribution is -0.145. The van der Waals surface area contributed by atoms with Gasteiger partial charge >= 0.3 is 13.7 Å². The van der Waals surface area contributed by atoms with Gasteiger partial charge < -0.3 is 40.5 Å². The number of piperidine rings is 1. The zero-order valence-corrected chi connectivity index (χ0v) is 29.2. The number of carbonyl (C=O) groups is 4. The molecule has 4 aromatic carbocycles. The van der Waals surface area contributed by atoms with E-state index in [-0.39, 0.29) is 31.9 Å². The first-order chi connectivity index (χ1) is 25.0. The maximum Gasteiger partial charge on any atom is 0.407 e. The highest BCUT2D eigenvalue weighted by atomic mass is 31.2. The van der Waals surface area contributed by atoms with Crippen LogP contribution in [-0.4, -0.2) is 82.7 Å². The topological polar surface area (TPSA) is 198 Å². The highest BCUT2D eigenvalue weighted by Crippen LogP contribution is 2.44. The van der Waals surface area contributed by atoms with E-state index < -0.39 is 62.5 Å². The minimum absolute atomic E-state index is 0.0371. The highest BCUT2D eigenvalue weighted by molar-refractivity contribution is 7.51. The van der Waals surface area contributed by atoms with Crippen molar-refractivity contribution in [2.75, 3.05) is 26.1 Å². The Balaban J connectivity index is 1.14. The lowest BCUT2D eigenvalue weighted by Gasteiger charge is -2.37. The van der Waals surface area contributed by atoms with Crippen molar-refractivity contribution in [1.29, 1.82) is 0 Å². The Hall–Kier alpha value is -5.07. The van der Waals surface area contributed by atoms with Gasteiger partial charge in [-0.15, -0.1) is 0 Å². The van der Waals surface area contributed by atoms with Gasteiger partial charge in [-0.3, -0.25) is 18.9 Å². The normalized spacial score (nSPS) is 16.7. The second-order valence-electron chi connectivity index (χ2n) is 13.1. The lowest BCUT2D eigenvalue weighted by Crippen LogP contribution is -2.60. The molecule has 0 radical (unpaired) electrons. The van der Waals surface area contributed by atoms with Crippen LogP contribution in [0.2, 0.25) is 0 Å². The molecule has 0 spiro atoms. The molecule has 272 valence electrons. The Kier molecular flexibility index (Phi) is 11.4. The van der Waals surface area contributed by atoms with E-state index in [0.717, 1.165) is 38.6 Å². The SMILES string of the molecule is NC(=O)C(Cc1ccc2ccccc2c1)NC(=O)C1CCCCN1C(=O)C(COCP(=O)(O)O)NC(=O)OCC1c2ccccc2-c2ccccc21. The monoisotopic (exact) mass is 728 g/mol. The van der Waals surface area contributed by atoms with Crippen LogP contribution in [0.3, 0.4) is 0 Å². The van der Waals surface area contributed by atoms with Gasteiger partial charge in [0.1, 0.15) is 31.1 Å². The number of alkyl carbamates (subject to hydrolysis) is 1. The Morgan fingerprint density at radius 3 is 2.17 bits per heavy atom. The average molecular weight is 729 g/mol. The van der Waals surface area contributed by atoms with E-state index >= 15 is 0 Å². The Bertz CT molecular complexity index is 1970. The van der Waals surface area contributed by atoms with Crippen LogP contribution in [0.5, 0.6) is 0 Å². The molecule has 6 N–H and O–H groups in total. The second kappa shape index (κ2) is 16.1. The molecular formula is C38H41N4O9P. The molecule has 1 heterocycles. The van der Waals surface area contributed by atoms with E-state index in [1.807, 2.05) is 91.0 Å². The van der Waals surface area contributed by atoms with Gasteiger partial charge in [0.15, 0.2) is 0 Å². The third-order valence-electron chi connectivity index (χ3n) is 9.48. The molecule has 0 bridgehead atoms.